The van der Waals surface area contributed by atoms with Crippen molar-refractivity contribution in [3.05, 3.63) is 76.9 Å². The third kappa shape index (κ3) is 3.93. The molecule has 3 amide bonds. The lowest BCUT2D eigenvalue weighted by Gasteiger charge is -2.15. The van der Waals surface area contributed by atoms with Gasteiger partial charge in [-0.1, -0.05) is 24.3 Å². The van der Waals surface area contributed by atoms with Gasteiger partial charge in [0, 0.05) is 11.1 Å². The lowest BCUT2D eigenvalue weighted by atomic mass is 9.85. The maximum Gasteiger partial charge on any atom is 0.251 e. The Morgan fingerprint density at radius 2 is 1.45 bits per heavy atom. The number of aryl methyl sites for hydroxylation is 2. The number of nitrogens with zero attached hydrogens (tertiary/aromatic N) is 1. The molecular weight excluding hydrogens is 392 g/mol. The summed E-state index contributed by atoms with van der Waals surface area (Å²) >= 11 is 0. The van der Waals surface area contributed by atoms with Gasteiger partial charge < -0.3 is 5.32 Å². The zero-order valence-electron chi connectivity index (χ0n) is 17.6. The van der Waals surface area contributed by atoms with Gasteiger partial charge >= 0.3 is 0 Å². The molecule has 158 valence electrons. The number of hydrogen-bond acceptors (Lipinski definition) is 4. The highest BCUT2D eigenvalue weighted by atomic mass is 16.2. The van der Waals surface area contributed by atoms with Crippen LogP contribution in [0.15, 0.2) is 54.6 Å². The van der Waals surface area contributed by atoms with Crippen LogP contribution in [0.4, 0.5) is 5.69 Å². The molecule has 6 heteroatoms. The number of anilines is 1. The highest BCUT2D eigenvalue weighted by Crippen LogP contribution is 2.37. The molecule has 0 spiro atoms. The number of benzene rings is 2. The van der Waals surface area contributed by atoms with Crippen LogP contribution in [0, 0.1) is 25.7 Å². The van der Waals surface area contributed by atoms with Crippen LogP contribution in [-0.4, -0.2) is 30.0 Å². The Labute approximate surface area is 180 Å². The van der Waals surface area contributed by atoms with Gasteiger partial charge in [0.15, 0.2) is 5.78 Å². The lowest BCUT2D eigenvalue weighted by molar-refractivity contribution is -0.122. The standard InChI is InChI=1S/C25H24N2O4/c1-15-7-8-18(13-16(15)2)22(28)14-26-23(29)17-9-11-19(12-10-17)27-24(30)20-5-3-4-6-21(20)25(27)31/h3-4,7-13,20-21H,5-6,14H2,1-2H3,(H,26,29). The van der Waals surface area contributed by atoms with Gasteiger partial charge in [0.2, 0.25) is 11.8 Å². The van der Waals surface area contributed by atoms with Crippen LogP contribution in [-0.2, 0) is 9.59 Å². The van der Waals surface area contributed by atoms with Crippen molar-refractivity contribution in [3.63, 3.8) is 0 Å². The maximum atomic E-state index is 12.7. The summed E-state index contributed by atoms with van der Waals surface area (Å²) < 4.78 is 0. The third-order valence-electron chi connectivity index (χ3n) is 6.13. The number of ketones is 1. The average molecular weight is 416 g/mol. The van der Waals surface area contributed by atoms with E-state index in [0.29, 0.717) is 29.7 Å². The van der Waals surface area contributed by atoms with Crippen LogP contribution in [0.3, 0.4) is 0 Å². The first-order valence-corrected chi connectivity index (χ1v) is 10.4. The molecule has 0 aromatic heterocycles. The normalized spacial score (nSPS) is 20.0. The molecule has 31 heavy (non-hydrogen) atoms. The predicted octanol–water partition coefficient (Wildman–Crippen LogP) is 3.37. The van der Waals surface area contributed by atoms with E-state index < -0.39 is 0 Å². The SMILES string of the molecule is Cc1ccc(C(=O)CNC(=O)c2ccc(N3C(=O)C4CC=CCC4C3=O)cc2)cc1C. The summed E-state index contributed by atoms with van der Waals surface area (Å²) in [6.07, 6.45) is 5.06. The number of rotatable bonds is 5. The molecule has 1 heterocycles. The molecule has 1 aliphatic heterocycles. The Morgan fingerprint density at radius 1 is 0.871 bits per heavy atom. The topological polar surface area (TPSA) is 83.6 Å². The Morgan fingerprint density at radius 3 is 2.03 bits per heavy atom. The molecule has 0 saturated carbocycles. The van der Waals surface area contributed by atoms with Crippen molar-refractivity contribution in [1.29, 1.82) is 0 Å². The molecule has 0 radical (unpaired) electrons. The molecule has 1 saturated heterocycles. The minimum atomic E-state index is -0.388. The van der Waals surface area contributed by atoms with E-state index in [4.69, 9.17) is 0 Å². The van der Waals surface area contributed by atoms with E-state index in [1.165, 1.54) is 4.90 Å². The Kier molecular flexibility index (Phi) is 5.55. The highest BCUT2D eigenvalue weighted by molar-refractivity contribution is 6.22. The highest BCUT2D eigenvalue weighted by Gasteiger charge is 2.47. The van der Waals surface area contributed by atoms with Gasteiger partial charge in [-0.15, -0.1) is 0 Å². The van der Waals surface area contributed by atoms with Gasteiger partial charge in [-0.05, 0) is 68.1 Å². The number of allylic oxidation sites excluding steroid dienone is 2. The van der Waals surface area contributed by atoms with E-state index >= 15 is 0 Å². The minimum Gasteiger partial charge on any atom is -0.345 e. The fourth-order valence-electron chi connectivity index (χ4n) is 4.10. The van der Waals surface area contributed by atoms with Crippen LogP contribution < -0.4 is 10.2 Å². The van der Waals surface area contributed by atoms with Crippen LogP contribution in [0.5, 0.6) is 0 Å². The summed E-state index contributed by atoms with van der Waals surface area (Å²) in [6, 6.07) is 11.8. The van der Waals surface area contributed by atoms with Crippen molar-refractivity contribution in [2.45, 2.75) is 26.7 Å². The number of carbonyl (C=O) groups is 4. The smallest absolute Gasteiger partial charge is 0.251 e. The lowest BCUT2D eigenvalue weighted by Crippen LogP contribution is -2.31. The van der Waals surface area contributed by atoms with Gasteiger partial charge in [-0.3, -0.25) is 24.1 Å². The number of nitrogens with one attached hydrogen (secondary N) is 1. The van der Waals surface area contributed by atoms with E-state index in [1.54, 1.807) is 30.3 Å². The second kappa shape index (κ2) is 8.30. The summed E-state index contributed by atoms with van der Waals surface area (Å²) in [6.45, 7) is 3.80. The summed E-state index contributed by atoms with van der Waals surface area (Å²) in [5, 5.41) is 2.63. The Bertz CT molecular complexity index is 1080. The first-order chi connectivity index (χ1) is 14.9. The zero-order chi connectivity index (χ0) is 22.1. The minimum absolute atomic E-state index is 0.109. The molecule has 6 nitrogen and oxygen atoms in total. The molecule has 2 unspecified atom stereocenters. The number of carbonyl (C=O) groups excluding carboxylic acids is 4. The summed E-state index contributed by atoms with van der Waals surface area (Å²) in [5.74, 6) is -1.52. The summed E-state index contributed by atoms with van der Waals surface area (Å²) in [4.78, 5) is 51.4. The van der Waals surface area contributed by atoms with Gasteiger partial charge in [-0.2, -0.15) is 0 Å². The van der Waals surface area contributed by atoms with Crippen molar-refractivity contribution in [2.24, 2.45) is 11.8 Å². The molecule has 2 aromatic rings. The number of amides is 3. The summed E-state index contributed by atoms with van der Waals surface area (Å²) in [5.41, 5.74) is 3.50. The first kappa shape index (κ1) is 20.7. The van der Waals surface area contributed by atoms with E-state index in [2.05, 4.69) is 5.32 Å². The van der Waals surface area contributed by atoms with Crippen LogP contribution in [0.2, 0.25) is 0 Å². The van der Waals surface area contributed by atoms with Crippen molar-refractivity contribution in [3.8, 4) is 0 Å². The average Bonchev–Trinajstić information content (AvgIpc) is 3.04. The fourth-order valence-corrected chi connectivity index (χ4v) is 4.10. The molecule has 2 atom stereocenters. The summed E-state index contributed by atoms with van der Waals surface area (Å²) in [7, 11) is 0. The predicted molar refractivity (Wildman–Crippen MR) is 117 cm³/mol. The van der Waals surface area contributed by atoms with Crippen molar-refractivity contribution in [2.75, 3.05) is 11.4 Å². The van der Waals surface area contributed by atoms with E-state index in [1.807, 2.05) is 38.1 Å². The van der Waals surface area contributed by atoms with Gasteiger partial charge in [0.1, 0.15) is 0 Å². The number of fused-ring (bicyclic) bond motifs is 1. The van der Waals surface area contributed by atoms with Gasteiger partial charge in [0.05, 0.1) is 24.1 Å². The first-order valence-electron chi connectivity index (χ1n) is 10.4. The largest absolute Gasteiger partial charge is 0.345 e. The molecule has 1 fully saturated rings. The molecular formula is C25H24N2O4. The number of hydrogen-bond donors (Lipinski definition) is 1. The van der Waals surface area contributed by atoms with E-state index in [9.17, 15) is 19.2 Å². The van der Waals surface area contributed by atoms with E-state index in [-0.39, 0.29) is 41.9 Å². The van der Waals surface area contributed by atoms with Crippen LogP contribution in [0.25, 0.3) is 0 Å². The van der Waals surface area contributed by atoms with Gasteiger partial charge in [-0.25, -0.2) is 0 Å². The van der Waals surface area contributed by atoms with Crippen molar-refractivity contribution < 1.29 is 19.2 Å². The Balaban J connectivity index is 1.40. The monoisotopic (exact) mass is 416 g/mol. The molecule has 0 bridgehead atoms. The Hall–Kier alpha value is -3.54. The van der Waals surface area contributed by atoms with Crippen molar-refractivity contribution in [1.82, 2.24) is 5.32 Å². The van der Waals surface area contributed by atoms with Crippen LogP contribution in [0.1, 0.15) is 44.7 Å². The quantitative estimate of drug-likeness (QED) is 0.460. The van der Waals surface area contributed by atoms with Crippen molar-refractivity contribution >= 4 is 29.2 Å². The molecule has 1 N–H and O–H groups in total. The molecule has 2 aromatic carbocycles. The second-order valence-corrected chi connectivity index (χ2v) is 8.12. The molecule has 1 aliphatic carbocycles. The maximum absolute atomic E-state index is 12.7. The van der Waals surface area contributed by atoms with E-state index in [0.717, 1.165) is 11.1 Å². The van der Waals surface area contributed by atoms with Gasteiger partial charge in [0.25, 0.3) is 5.91 Å². The zero-order valence-corrected chi connectivity index (χ0v) is 17.6. The fraction of sp³-hybridized carbons (Fsp3) is 0.280. The van der Waals surface area contributed by atoms with Crippen LogP contribution >= 0.6 is 0 Å². The molecule has 2 aliphatic rings. The molecule has 4 rings (SSSR count). The number of imide groups is 1. The second-order valence-electron chi connectivity index (χ2n) is 8.12. The third-order valence-corrected chi connectivity index (χ3v) is 6.13. The number of Topliss-reactive ketones (excluding diaryl/α,β-unsaturated/α-hetero) is 1.